The van der Waals surface area contributed by atoms with Crippen LogP contribution in [0.4, 0.5) is 0 Å². The zero-order valence-electron chi connectivity index (χ0n) is 12.7. The lowest BCUT2D eigenvalue weighted by Gasteiger charge is -2.16. The third-order valence-corrected chi connectivity index (χ3v) is 4.94. The van der Waals surface area contributed by atoms with Crippen LogP contribution in [-0.2, 0) is 11.4 Å². The number of hydrogen-bond donors (Lipinski definition) is 2. The molecule has 0 aliphatic carbocycles. The Morgan fingerprint density at radius 3 is 2.91 bits per heavy atom. The van der Waals surface area contributed by atoms with Gasteiger partial charge < -0.3 is 15.2 Å². The number of amides is 1. The molecular formula is C17H17NO4S. The van der Waals surface area contributed by atoms with Crippen LogP contribution in [0.1, 0.15) is 35.0 Å². The molecule has 1 aliphatic rings. The second-order valence-corrected chi connectivity index (χ2v) is 6.46. The molecule has 0 fully saturated rings. The van der Waals surface area contributed by atoms with Crippen LogP contribution in [0.15, 0.2) is 30.3 Å². The Bertz CT molecular complexity index is 753. The van der Waals surface area contributed by atoms with Gasteiger partial charge in [0.15, 0.2) is 0 Å². The summed E-state index contributed by atoms with van der Waals surface area (Å²) in [6.07, 6.45) is 1.11. The van der Waals surface area contributed by atoms with Gasteiger partial charge in [0.2, 0.25) is 0 Å². The molecule has 1 unspecified atom stereocenters. The lowest BCUT2D eigenvalue weighted by atomic mass is 10.1. The summed E-state index contributed by atoms with van der Waals surface area (Å²) < 4.78 is 5.68. The predicted molar refractivity (Wildman–Crippen MR) is 87.9 cm³/mol. The number of benzene rings is 1. The van der Waals surface area contributed by atoms with Crippen molar-refractivity contribution in [3.8, 4) is 16.2 Å². The van der Waals surface area contributed by atoms with Crippen LogP contribution in [-0.4, -0.2) is 23.0 Å². The third-order valence-electron chi connectivity index (χ3n) is 3.73. The number of para-hydroxylation sites is 1. The first-order chi connectivity index (χ1) is 11.1. The van der Waals surface area contributed by atoms with Crippen LogP contribution in [0, 0.1) is 0 Å². The number of rotatable bonds is 5. The minimum atomic E-state index is -1.00. The molecule has 120 valence electrons. The van der Waals surface area contributed by atoms with E-state index in [1.54, 1.807) is 6.07 Å². The number of carboxylic acids is 1. The average molecular weight is 331 g/mol. The zero-order valence-corrected chi connectivity index (χ0v) is 13.5. The smallest absolute Gasteiger partial charge is 0.326 e. The van der Waals surface area contributed by atoms with E-state index in [-0.39, 0.29) is 5.91 Å². The van der Waals surface area contributed by atoms with Crippen molar-refractivity contribution in [3.05, 3.63) is 40.8 Å². The minimum Gasteiger partial charge on any atom is -0.488 e. The Morgan fingerprint density at radius 1 is 1.39 bits per heavy atom. The normalized spacial score (nSPS) is 13.4. The van der Waals surface area contributed by atoms with Gasteiger partial charge in [0.05, 0.1) is 4.88 Å². The Kier molecular flexibility index (Phi) is 4.34. The molecule has 1 aromatic carbocycles. The maximum Gasteiger partial charge on any atom is 0.326 e. The first-order valence-electron chi connectivity index (χ1n) is 7.48. The second kappa shape index (κ2) is 6.42. The van der Waals surface area contributed by atoms with Gasteiger partial charge in [0.1, 0.15) is 18.4 Å². The molecule has 0 radical (unpaired) electrons. The van der Waals surface area contributed by atoms with Crippen molar-refractivity contribution in [2.45, 2.75) is 32.4 Å². The number of thiophene rings is 1. The lowest BCUT2D eigenvalue weighted by molar-refractivity contribution is -0.139. The highest BCUT2D eigenvalue weighted by atomic mass is 32.1. The van der Waals surface area contributed by atoms with Gasteiger partial charge in [0, 0.05) is 16.0 Å². The van der Waals surface area contributed by atoms with E-state index in [0.29, 0.717) is 24.3 Å². The molecular weight excluding hydrogens is 314 g/mol. The molecule has 0 spiro atoms. The van der Waals surface area contributed by atoms with Crippen LogP contribution in [0.5, 0.6) is 5.75 Å². The van der Waals surface area contributed by atoms with Crippen LogP contribution < -0.4 is 10.1 Å². The molecule has 2 heterocycles. The molecule has 1 atom stereocenters. The predicted octanol–water partition coefficient (Wildman–Crippen LogP) is 3.29. The van der Waals surface area contributed by atoms with Gasteiger partial charge in [0.25, 0.3) is 5.91 Å². The zero-order chi connectivity index (χ0) is 16.4. The summed E-state index contributed by atoms with van der Waals surface area (Å²) in [7, 11) is 0. The molecule has 1 aliphatic heterocycles. The fourth-order valence-corrected chi connectivity index (χ4v) is 3.69. The van der Waals surface area contributed by atoms with Crippen molar-refractivity contribution in [2.24, 2.45) is 0 Å². The summed E-state index contributed by atoms with van der Waals surface area (Å²) >= 11 is 1.37. The number of carbonyl (C=O) groups excluding carboxylic acids is 1. The minimum absolute atomic E-state index is 0.345. The van der Waals surface area contributed by atoms with E-state index < -0.39 is 12.0 Å². The van der Waals surface area contributed by atoms with E-state index in [1.165, 1.54) is 11.3 Å². The van der Waals surface area contributed by atoms with E-state index >= 15 is 0 Å². The molecule has 0 saturated heterocycles. The van der Waals surface area contributed by atoms with Crippen molar-refractivity contribution in [2.75, 3.05) is 0 Å². The van der Waals surface area contributed by atoms with Crippen LogP contribution >= 0.6 is 11.3 Å². The first-order valence-corrected chi connectivity index (χ1v) is 8.30. The van der Waals surface area contributed by atoms with E-state index in [2.05, 4.69) is 5.32 Å². The quantitative estimate of drug-likeness (QED) is 0.881. The SMILES string of the molecule is CCCC(NC(=O)c1cc2c(s1)-c1ccccc1OC2)C(=O)O. The molecule has 5 nitrogen and oxygen atoms in total. The van der Waals surface area contributed by atoms with E-state index in [9.17, 15) is 9.59 Å². The number of fused-ring (bicyclic) bond motifs is 3. The van der Waals surface area contributed by atoms with Crippen molar-refractivity contribution < 1.29 is 19.4 Å². The Balaban J connectivity index is 1.85. The van der Waals surface area contributed by atoms with E-state index in [1.807, 2.05) is 31.2 Å². The number of carbonyl (C=O) groups is 2. The number of hydrogen-bond acceptors (Lipinski definition) is 4. The number of nitrogens with one attached hydrogen (secondary N) is 1. The standard InChI is InChI=1S/C17H17NO4S/c1-2-5-12(17(20)21)18-16(19)14-8-10-9-22-13-7-4-3-6-11(13)15(10)23-14/h3-4,6-8,12H,2,5,9H2,1H3,(H,18,19)(H,20,21). The maximum atomic E-state index is 12.4. The third kappa shape index (κ3) is 3.07. The number of carboxylic acid groups (broad SMARTS) is 1. The van der Waals surface area contributed by atoms with Crippen molar-refractivity contribution in [3.63, 3.8) is 0 Å². The molecule has 6 heteroatoms. The Morgan fingerprint density at radius 2 is 2.17 bits per heavy atom. The summed E-state index contributed by atoms with van der Waals surface area (Å²) in [5.74, 6) is -0.541. The maximum absolute atomic E-state index is 12.4. The molecule has 1 aromatic heterocycles. The van der Waals surface area contributed by atoms with Gasteiger partial charge >= 0.3 is 5.97 Å². The Hall–Kier alpha value is -2.34. The molecule has 0 bridgehead atoms. The molecule has 0 saturated carbocycles. The Labute approximate surface area is 137 Å². The molecule has 2 aromatic rings. The summed E-state index contributed by atoms with van der Waals surface area (Å²) in [5.41, 5.74) is 1.93. The topological polar surface area (TPSA) is 75.6 Å². The summed E-state index contributed by atoms with van der Waals surface area (Å²) in [6.45, 7) is 2.31. The number of aliphatic carboxylic acids is 1. The molecule has 1 amide bonds. The summed E-state index contributed by atoms with van der Waals surface area (Å²) in [6, 6.07) is 8.64. The van der Waals surface area contributed by atoms with Gasteiger partial charge in [-0.3, -0.25) is 4.79 Å². The van der Waals surface area contributed by atoms with Crippen LogP contribution in [0.25, 0.3) is 10.4 Å². The fourth-order valence-electron chi connectivity index (χ4n) is 2.59. The summed E-state index contributed by atoms with van der Waals surface area (Å²) in [5, 5.41) is 11.8. The average Bonchev–Trinajstić information content (AvgIpc) is 2.99. The van der Waals surface area contributed by atoms with Crippen molar-refractivity contribution >= 4 is 23.2 Å². The highest BCUT2D eigenvalue weighted by Gasteiger charge is 2.25. The monoisotopic (exact) mass is 331 g/mol. The van der Waals surface area contributed by atoms with Gasteiger partial charge in [-0.25, -0.2) is 4.79 Å². The van der Waals surface area contributed by atoms with Gasteiger partial charge in [-0.2, -0.15) is 0 Å². The van der Waals surface area contributed by atoms with E-state index in [0.717, 1.165) is 21.8 Å². The molecule has 23 heavy (non-hydrogen) atoms. The highest BCUT2D eigenvalue weighted by Crippen LogP contribution is 2.42. The second-order valence-electron chi connectivity index (χ2n) is 5.40. The van der Waals surface area contributed by atoms with Gasteiger partial charge in [-0.15, -0.1) is 11.3 Å². The van der Waals surface area contributed by atoms with Crippen LogP contribution in [0.2, 0.25) is 0 Å². The highest BCUT2D eigenvalue weighted by molar-refractivity contribution is 7.17. The molecule has 2 N–H and O–H groups in total. The van der Waals surface area contributed by atoms with Crippen molar-refractivity contribution in [1.29, 1.82) is 0 Å². The lowest BCUT2D eigenvalue weighted by Crippen LogP contribution is -2.40. The first kappa shape index (κ1) is 15.6. The van der Waals surface area contributed by atoms with Crippen molar-refractivity contribution in [1.82, 2.24) is 5.32 Å². The van der Waals surface area contributed by atoms with Crippen LogP contribution in [0.3, 0.4) is 0 Å². The van der Waals surface area contributed by atoms with Gasteiger partial charge in [-0.1, -0.05) is 25.5 Å². The fraction of sp³-hybridized carbons (Fsp3) is 0.294. The summed E-state index contributed by atoms with van der Waals surface area (Å²) in [4.78, 5) is 25.1. The van der Waals surface area contributed by atoms with Gasteiger partial charge in [-0.05, 0) is 24.6 Å². The van der Waals surface area contributed by atoms with E-state index in [4.69, 9.17) is 9.84 Å². The number of ether oxygens (including phenoxy) is 1. The largest absolute Gasteiger partial charge is 0.488 e. The molecule has 3 rings (SSSR count).